The third-order valence-corrected chi connectivity index (χ3v) is 5.86. The first-order valence-corrected chi connectivity index (χ1v) is 10.6. The smallest absolute Gasteiger partial charge is 0.251 e. The van der Waals surface area contributed by atoms with Gasteiger partial charge in [0.1, 0.15) is 5.75 Å². The standard InChI is InChI=1S/C25H29N3O2/c1-30-22-12-10-21(11-13-22)25(29)26-14-15-27-16-18-28(19-17-27)24-9-5-3-7-20-6-2-4-8-23(20)24/h2-13,24H,14-19H2,1H3,(H,26,29). The number of carbonyl (C=O) groups is 1. The van der Waals surface area contributed by atoms with E-state index in [1.807, 2.05) is 12.1 Å². The average Bonchev–Trinajstić information content (AvgIpc) is 3.02. The van der Waals surface area contributed by atoms with Gasteiger partial charge in [-0.05, 0) is 35.4 Å². The molecule has 1 amide bonds. The van der Waals surface area contributed by atoms with E-state index in [2.05, 4.69) is 63.7 Å². The van der Waals surface area contributed by atoms with E-state index in [0.29, 0.717) is 18.2 Å². The van der Waals surface area contributed by atoms with E-state index < -0.39 is 0 Å². The lowest BCUT2D eigenvalue weighted by Gasteiger charge is -2.38. The molecule has 1 fully saturated rings. The molecule has 0 aromatic heterocycles. The number of hydrogen-bond donors (Lipinski definition) is 1. The SMILES string of the molecule is COc1ccc(C(=O)NCCN2CCN(C3C=CC=Cc4ccccc43)CC2)cc1. The van der Waals surface area contributed by atoms with E-state index in [1.165, 1.54) is 11.1 Å². The summed E-state index contributed by atoms with van der Waals surface area (Å²) in [4.78, 5) is 17.3. The molecule has 5 nitrogen and oxygen atoms in total. The largest absolute Gasteiger partial charge is 0.497 e. The van der Waals surface area contributed by atoms with Crippen LogP contribution >= 0.6 is 0 Å². The summed E-state index contributed by atoms with van der Waals surface area (Å²) in [5.41, 5.74) is 3.34. The molecule has 0 spiro atoms. The number of fused-ring (bicyclic) bond motifs is 1. The molecule has 156 valence electrons. The number of methoxy groups -OCH3 is 1. The molecule has 1 unspecified atom stereocenters. The third kappa shape index (κ3) is 4.81. The van der Waals surface area contributed by atoms with Gasteiger partial charge in [0.2, 0.25) is 0 Å². The number of allylic oxidation sites excluding steroid dienone is 2. The maximum Gasteiger partial charge on any atom is 0.251 e. The number of hydrogen-bond acceptors (Lipinski definition) is 4. The number of rotatable bonds is 6. The van der Waals surface area contributed by atoms with Crippen LogP contribution in [0.5, 0.6) is 5.75 Å². The minimum Gasteiger partial charge on any atom is -0.497 e. The van der Waals surface area contributed by atoms with Crippen LogP contribution in [0, 0.1) is 0 Å². The predicted octanol–water partition coefficient (Wildman–Crippen LogP) is 3.37. The van der Waals surface area contributed by atoms with Crippen LogP contribution in [-0.4, -0.2) is 62.1 Å². The van der Waals surface area contributed by atoms with Gasteiger partial charge in [-0.15, -0.1) is 0 Å². The Morgan fingerprint density at radius 2 is 1.80 bits per heavy atom. The minimum absolute atomic E-state index is 0.0380. The Bertz CT molecular complexity index is 912. The maximum absolute atomic E-state index is 12.3. The topological polar surface area (TPSA) is 44.8 Å². The molecular weight excluding hydrogens is 374 g/mol. The number of ether oxygens (including phenoxy) is 1. The van der Waals surface area contributed by atoms with Crippen molar-refractivity contribution in [2.75, 3.05) is 46.4 Å². The number of amides is 1. The molecule has 5 heteroatoms. The molecule has 0 saturated carbocycles. The normalized spacial score (nSPS) is 19.2. The molecular formula is C25H29N3O2. The first kappa shape index (κ1) is 20.4. The van der Waals surface area contributed by atoms with Gasteiger partial charge in [0.15, 0.2) is 0 Å². The molecule has 1 atom stereocenters. The van der Waals surface area contributed by atoms with Gasteiger partial charge in [-0.1, -0.05) is 48.6 Å². The van der Waals surface area contributed by atoms with Crippen LogP contribution in [0.3, 0.4) is 0 Å². The van der Waals surface area contributed by atoms with Crippen molar-refractivity contribution in [2.24, 2.45) is 0 Å². The lowest BCUT2D eigenvalue weighted by atomic mass is 9.99. The zero-order valence-corrected chi connectivity index (χ0v) is 17.5. The number of nitrogens with zero attached hydrogens (tertiary/aromatic N) is 2. The summed E-state index contributed by atoms with van der Waals surface area (Å²) in [6.07, 6.45) is 8.77. The Kier molecular flexibility index (Phi) is 6.62. The molecule has 30 heavy (non-hydrogen) atoms. The van der Waals surface area contributed by atoms with Crippen LogP contribution in [0.25, 0.3) is 6.08 Å². The first-order valence-electron chi connectivity index (χ1n) is 10.6. The fraction of sp³-hybridized carbons (Fsp3) is 0.320. The molecule has 4 rings (SSSR count). The molecule has 1 aliphatic carbocycles. The van der Waals surface area contributed by atoms with Gasteiger partial charge >= 0.3 is 0 Å². The third-order valence-electron chi connectivity index (χ3n) is 5.86. The van der Waals surface area contributed by atoms with Gasteiger partial charge < -0.3 is 10.1 Å². The van der Waals surface area contributed by atoms with Gasteiger partial charge in [-0.2, -0.15) is 0 Å². The Labute approximate surface area is 178 Å². The summed E-state index contributed by atoms with van der Waals surface area (Å²) in [7, 11) is 1.62. The van der Waals surface area contributed by atoms with Crippen LogP contribution < -0.4 is 10.1 Å². The van der Waals surface area contributed by atoms with Gasteiger partial charge in [-0.3, -0.25) is 14.6 Å². The number of piperazine rings is 1. The molecule has 1 saturated heterocycles. The summed E-state index contributed by atoms with van der Waals surface area (Å²) in [5, 5.41) is 3.03. The summed E-state index contributed by atoms with van der Waals surface area (Å²) < 4.78 is 5.14. The monoisotopic (exact) mass is 403 g/mol. The molecule has 2 aliphatic rings. The number of benzene rings is 2. The second-order valence-electron chi connectivity index (χ2n) is 7.68. The van der Waals surface area contributed by atoms with Crippen LogP contribution in [0.1, 0.15) is 27.5 Å². The molecule has 0 radical (unpaired) electrons. The molecule has 2 aromatic rings. The predicted molar refractivity (Wildman–Crippen MR) is 121 cm³/mol. The van der Waals surface area contributed by atoms with Crippen LogP contribution in [-0.2, 0) is 0 Å². The Hall–Kier alpha value is -2.89. The van der Waals surface area contributed by atoms with E-state index in [4.69, 9.17) is 4.74 Å². The average molecular weight is 404 g/mol. The van der Waals surface area contributed by atoms with E-state index in [9.17, 15) is 4.79 Å². The highest BCUT2D eigenvalue weighted by atomic mass is 16.5. The second-order valence-corrected chi connectivity index (χ2v) is 7.68. The zero-order valence-electron chi connectivity index (χ0n) is 17.5. The zero-order chi connectivity index (χ0) is 20.8. The highest BCUT2D eigenvalue weighted by Crippen LogP contribution is 2.29. The van der Waals surface area contributed by atoms with E-state index >= 15 is 0 Å². The van der Waals surface area contributed by atoms with Gasteiger partial charge in [0.25, 0.3) is 5.91 Å². The van der Waals surface area contributed by atoms with Crippen molar-refractivity contribution in [3.05, 3.63) is 83.4 Å². The maximum atomic E-state index is 12.3. The van der Waals surface area contributed by atoms with E-state index in [0.717, 1.165) is 38.5 Å². The van der Waals surface area contributed by atoms with Crippen LogP contribution in [0.15, 0.2) is 66.8 Å². The minimum atomic E-state index is -0.0380. The fourth-order valence-corrected chi connectivity index (χ4v) is 4.12. The quantitative estimate of drug-likeness (QED) is 0.803. The van der Waals surface area contributed by atoms with Crippen molar-refractivity contribution in [3.63, 3.8) is 0 Å². The number of carbonyl (C=O) groups excluding carboxylic acids is 1. The summed E-state index contributed by atoms with van der Waals surface area (Å²) >= 11 is 0. The second kappa shape index (κ2) is 9.74. The molecule has 2 aromatic carbocycles. The van der Waals surface area contributed by atoms with Crippen molar-refractivity contribution in [1.82, 2.24) is 15.1 Å². The van der Waals surface area contributed by atoms with Crippen LogP contribution in [0.2, 0.25) is 0 Å². The van der Waals surface area contributed by atoms with Crippen molar-refractivity contribution < 1.29 is 9.53 Å². The van der Waals surface area contributed by atoms with Gasteiger partial charge in [0, 0.05) is 44.8 Å². The Morgan fingerprint density at radius 1 is 1.03 bits per heavy atom. The Balaban J connectivity index is 1.25. The Morgan fingerprint density at radius 3 is 2.57 bits per heavy atom. The first-order chi connectivity index (χ1) is 14.7. The summed E-state index contributed by atoms with van der Waals surface area (Å²) in [6, 6.07) is 16.2. The highest BCUT2D eigenvalue weighted by Gasteiger charge is 2.24. The summed E-state index contributed by atoms with van der Waals surface area (Å²) in [5.74, 6) is 0.718. The van der Waals surface area contributed by atoms with Gasteiger partial charge in [0.05, 0.1) is 13.2 Å². The van der Waals surface area contributed by atoms with Crippen LogP contribution in [0.4, 0.5) is 0 Å². The highest BCUT2D eigenvalue weighted by molar-refractivity contribution is 5.94. The van der Waals surface area contributed by atoms with E-state index in [-0.39, 0.29) is 5.91 Å². The molecule has 1 heterocycles. The number of nitrogens with one attached hydrogen (secondary N) is 1. The fourth-order valence-electron chi connectivity index (χ4n) is 4.12. The van der Waals surface area contributed by atoms with Crippen molar-refractivity contribution in [2.45, 2.75) is 6.04 Å². The van der Waals surface area contributed by atoms with Crippen molar-refractivity contribution in [1.29, 1.82) is 0 Å². The van der Waals surface area contributed by atoms with Gasteiger partial charge in [-0.25, -0.2) is 0 Å². The van der Waals surface area contributed by atoms with Crippen molar-refractivity contribution in [3.8, 4) is 5.75 Å². The lowest BCUT2D eigenvalue weighted by Crippen LogP contribution is -2.49. The summed E-state index contributed by atoms with van der Waals surface area (Å²) in [6.45, 7) is 5.59. The lowest BCUT2D eigenvalue weighted by molar-refractivity contribution is 0.0924. The van der Waals surface area contributed by atoms with E-state index in [1.54, 1.807) is 19.2 Å². The molecule has 1 aliphatic heterocycles. The molecule has 1 N–H and O–H groups in total. The molecule has 0 bridgehead atoms. The van der Waals surface area contributed by atoms with Crippen molar-refractivity contribution >= 4 is 12.0 Å².